The van der Waals surface area contributed by atoms with Crippen molar-refractivity contribution in [1.29, 1.82) is 0 Å². The van der Waals surface area contributed by atoms with Gasteiger partial charge in [-0.05, 0) is 88.0 Å². The number of thiophene rings is 4. The van der Waals surface area contributed by atoms with E-state index in [0.717, 1.165) is 55.0 Å². The molecule has 2 aromatic carbocycles. The molecule has 8 rings (SSSR count). The van der Waals surface area contributed by atoms with Gasteiger partial charge in [0.15, 0.2) is 22.7 Å². The van der Waals surface area contributed by atoms with Gasteiger partial charge in [0.05, 0.1) is 63.3 Å². The second-order valence-electron chi connectivity index (χ2n) is 12.0. The molecule has 0 spiro atoms. The van der Waals surface area contributed by atoms with Crippen LogP contribution in [-0.2, 0) is 0 Å². The molecule has 0 aliphatic heterocycles. The van der Waals surface area contributed by atoms with E-state index >= 15 is 0 Å². The topological polar surface area (TPSA) is 26.3 Å². The van der Waals surface area contributed by atoms with Gasteiger partial charge in [-0.1, -0.05) is 55.2 Å². The molecular weight excluding hydrogens is 908 g/mol. The zero-order chi connectivity index (χ0) is 30.1. The van der Waals surface area contributed by atoms with Crippen LogP contribution in [0, 0.1) is 0 Å². The summed E-state index contributed by atoms with van der Waals surface area (Å²) in [7, 11) is -2.25. The van der Waals surface area contributed by atoms with E-state index in [-0.39, 0.29) is 0 Å². The molecule has 0 aliphatic carbocycles. The molecule has 6 heterocycles. The van der Waals surface area contributed by atoms with Crippen molar-refractivity contribution < 1.29 is 8.83 Å². The summed E-state index contributed by atoms with van der Waals surface area (Å²) >= 11 is 22.8. The summed E-state index contributed by atoms with van der Waals surface area (Å²) in [6, 6.07) is 13.8. The van der Waals surface area contributed by atoms with E-state index in [1.54, 1.807) is 22.7 Å². The highest BCUT2D eigenvalue weighted by Crippen LogP contribution is 2.57. The Balaban J connectivity index is 1.23. The number of halogens is 4. The molecule has 6 aromatic heterocycles. The standard InChI is InChI=1S/C31H22Br4O2S4Si2/c1-42(2)12-6-8-14-16(10-12)38-26-18(32)24(36-22(14)26)28-20(34)30-31(40-28)21(35)29(41-30)25-19(33)27-23(37-25)15-9-7-13(43(3,4)5)11-17(15)39-27/h6-11,42H,1-5H3. The highest BCUT2D eigenvalue weighted by Gasteiger charge is 2.29. The number of benzene rings is 2. The van der Waals surface area contributed by atoms with Crippen molar-refractivity contribution >= 4 is 186 Å². The van der Waals surface area contributed by atoms with Crippen LogP contribution in [0.2, 0.25) is 32.7 Å². The van der Waals surface area contributed by atoms with Crippen LogP contribution in [0.25, 0.3) is 71.4 Å². The average Bonchev–Trinajstić information content (AvgIpc) is 3.77. The van der Waals surface area contributed by atoms with Gasteiger partial charge in [-0.3, -0.25) is 0 Å². The largest absolute Gasteiger partial charge is 0.452 e. The van der Waals surface area contributed by atoms with Gasteiger partial charge < -0.3 is 8.83 Å². The monoisotopic (exact) mass is 926 g/mol. The summed E-state index contributed by atoms with van der Waals surface area (Å²) in [5.74, 6) is 1.75. The summed E-state index contributed by atoms with van der Waals surface area (Å²) in [6.07, 6.45) is 0. The van der Waals surface area contributed by atoms with E-state index < -0.39 is 16.9 Å². The Labute approximate surface area is 300 Å². The van der Waals surface area contributed by atoms with E-state index in [2.05, 4.69) is 133 Å². The van der Waals surface area contributed by atoms with E-state index in [1.807, 2.05) is 22.7 Å². The smallest absolute Gasteiger partial charge is 0.161 e. The Morgan fingerprint density at radius 1 is 0.605 bits per heavy atom. The first-order valence-electron chi connectivity index (χ1n) is 13.6. The van der Waals surface area contributed by atoms with E-state index in [4.69, 9.17) is 8.83 Å². The first-order chi connectivity index (χ1) is 20.4. The Kier molecular flexibility index (Phi) is 7.27. The van der Waals surface area contributed by atoms with Crippen LogP contribution < -0.4 is 10.4 Å². The van der Waals surface area contributed by atoms with Crippen molar-refractivity contribution in [3.63, 3.8) is 0 Å². The molecule has 218 valence electrons. The predicted octanol–water partition coefficient (Wildman–Crippen LogP) is 13.5. The van der Waals surface area contributed by atoms with Crippen LogP contribution in [0.4, 0.5) is 0 Å². The van der Waals surface area contributed by atoms with Crippen LogP contribution in [-0.4, -0.2) is 16.9 Å². The van der Waals surface area contributed by atoms with Gasteiger partial charge in [-0.15, -0.1) is 45.3 Å². The van der Waals surface area contributed by atoms with Gasteiger partial charge in [0, 0.05) is 20.2 Å². The van der Waals surface area contributed by atoms with Crippen LogP contribution >= 0.6 is 109 Å². The average molecular weight is 931 g/mol. The fourth-order valence-electron chi connectivity index (χ4n) is 5.45. The lowest BCUT2D eigenvalue weighted by atomic mass is 10.2. The minimum absolute atomic E-state index is 0.861. The first-order valence-corrected chi connectivity index (χ1v) is 26.4. The number of rotatable bonds is 4. The molecule has 2 nitrogen and oxygen atoms in total. The molecule has 43 heavy (non-hydrogen) atoms. The lowest BCUT2D eigenvalue weighted by Crippen LogP contribution is -2.37. The van der Waals surface area contributed by atoms with Gasteiger partial charge in [0.1, 0.15) is 0 Å². The first kappa shape index (κ1) is 29.8. The van der Waals surface area contributed by atoms with Crippen molar-refractivity contribution in [3.05, 3.63) is 54.3 Å². The molecule has 8 aromatic rings. The fourth-order valence-corrected chi connectivity index (χ4v) is 16.1. The third kappa shape index (κ3) is 4.52. The van der Waals surface area contributed by atoms with Crippen molar-refractivity contribution in [2.24, 2.45) is 0 Å². The third-order valence-corrected chi connectivity index (χ3v) is 21.1. The molecule has 0 saturated carbocycles. The Hall–Kier alpha value is -0.546. The molecule has 0 unspecified atom stereocenters. The van der Waals surface area contributed by atoms with Crippen molar-refractivity contribution in [1.82, 2.24) is 0 Å². The molecule has 0 radical (unpaired) electrons. The maximum Gasteiger partial charge on any atom is 0.161 e. The van der Waals surface area contributed by atoms with E-state index in [9.17, 15) is 0 Å². The summed E-state index contributed by atoms with van der Waals surface area (Å²) in [5, 5.41) is 5.34. The summed E-state index contributed by atoms with van der Waals surface area (Å²) in [6.45, 7) is 11.9. The number of fused-ring (bicyclic) bond motifs is 7. The predicted molar refractivity (Wildman–Crippen MR) is 213 cm³/mol. The Bertz CT molecular complexity index is 2430. The highest BCUT2D eigenvalue weighted by molar-refractivity contribution is 9.11. The van der Waals surface area contributed by atoms with Gasteiger partial charge in [-0.25, -0.2) is 0 Å². The van der Waals surface area contributed by atoms with Crippen LogP contribution in [0.1, 0.15) is 0 Å². The molecule has 0 saturated heterocycles. The fraction of sp³-hybridized carbons (Fsp3) is 0.161. The molecule has 0 bridgehead atoms. The van der Waals surface area contributed by atoms with Gasteiger partial charge in [0.25, 0.3) is 0 Å². The van der Waals surface area contributed by atoms with Gasteiger partial charge in [-0.2, -0.15) is 0 Å². The maximum absolute atomic E-state index is 6.63. The van der Waals surface area contributed by atoms with Gasteiger partial charge in [0.2, 0.25) is 0 Å². The molecule has 0 aliphatic rings. The molecular formula is C31H22Br4O2S4Si2. The van der Waals surface area contributed by atoms with E-state index in [1.165, 1.54) is 44.6 Å². The summed E-state index contributed by atoms with van der Waals surface area (Å²) in [5.41, 5.74) is 1.92. The SMILES string of the molecule is C[SiH](C)c1ccc2c(c1)sc1c(Br)c(-c3sc4c(Br)c(-c5oc6c(sc7cc([Si](C)(C)C)ccc76)c5Br)sc4c3Br)oc12. The quantitative estimate of drug-likeness (QED) is 0.164. The second-order valence-corrected chi connectivity index (χ2v) is 27.4. The molecule has 12 heteroatoms. The normalized spacial score (nSPS) is 13.0. The minimum atomic E-state index is -1.39. The highest BCUT2D eigenvalue weighted by atomic mass is 79.9. The third-order valence-electron chi connectivity index (χ3n) is 7.88. The van der Waals surface area contributed by atoms with Gasteiger partial charge >= 0.3 is 0 Å². The Morgan fingerprint density at radius 3 is 1.58 bits per heavy atom. The van der Waals surface area contributed by atoms with E-state index in [0.29, 0.717) is 0 Å². The van der Waals surface area contributed by atoms with Crippen molar-refractivity contribution in [2.75, 3.05) is 0 Å². The lowest BCUT2D eigenvalue weighted by Gasteiger charge is -2.16. The number of hydrogen-bond donors (Lipinski definition) is 0. The molecule has 0 atom stereocenters. The number of hydrogen-bond acceptors (Lipinski definition) is 6. The van der Waals surface area contributed by atoms with Crippen molar-refractivity contribution in [2.45, 2.75) is 32.7 Å². The minimum Gasteiger partial charge on any atom is -0.452 e. The molecule has 0 amide bonds. The van der Waals surface area contributed by atoms with Crippen LogP contribution in [0.3, 0.4) is 0 Å². The summed E-state index contributed by atoms with van der Waals surface area (Å²) in [4.78, 5) is 2.18. The second kappa shape index (κ2) is 10.5. The van der Waals surface area contributed by atoms with Crippen molar-refractivity contribution in [3.8, 4) is 21.3 Å². The lowest BCUT2D eigenvalue weighted by molar-refractivity contribution is 0.635. The molecule has 0 fully saturated rings. The van der Waals surface area contributed by atoms with Crippen LogP contribution in [0.15, 0.2) is 63.1 Å². The van der Waals surface area contributed by atoms with Crippen LogP contribution in [0.5, 0.6) is 0 Å². The maximum atomic E-state index is 6.63. The Morgan fingerprint density at radius 2 is 1.09 bits per heavy atom. The molecule has 0 N–H and O–H groups in total. The summed E-state index contributed by atoms with van der Waals surface area (Å²) < 4.78 is 24.7. The zero-order valence-corrected chi connectivity index (χ0v) is 35.3. The number of furan rings is 2. The zero-order valence-electron chi connectivity index (χ0n) is 23.5.